The summed E-state index contributed by atoms with van der Waals surface area (Å²) < 4.78 is 6.30. The Hall–Kier alpha value is -2.35. The first-order chi connectivity index (χ1) is 10.7. The Kier molecular flexibility index (Phi) is 2.16. The van der Waals surface area contributed by atoms with Crippen molar-refractivity contribution in [3.8, 4) is 5.75 Å². The maximum Gasteiger partial charge on any atom is 0.210 e. The maximum atomic E-state index is 13.1. The lowest BCUT2D eigenvalue weighted by Crippen LogP contribution is -2.38. The molecule has 0 aromatic heterocycles. The van der Waals surface area contributed by atoms with Crippen molar-refractivity contribution in [2.45, 2.75) is 25.4 Å². The van der Waals surface area contributed by atoms with Gasteiger partial charge < -0.3 is 4.74 Å². The van der Waals surface area contributed by atoms with Gasteiger partial charge in [-0.3, -0.25) is 4.79 Å². The first-order valence-corrected chi connectivity index (χ1v) is 7.87. The van der Waals surface area contributed by atoms with Crippen LogP contribution in [0.3, 0.4) is 0 Å². The highest BCUT2D eigenvalue weighted by Gasteiger charge is 2.54. The van der Waals surface area contributed by atoms with Crippen molar-refractivity contribution in [3.63, 3.8) is 0 Å². The molecule has 0 bridgehead atoms. The molecule has 1 fully saturated rings. The van der Waals surface area contributed by atoms with Crippen LogP contribution in [0.4, 0.5) is 0 Å². The Labute approximate surface area is 128 Å². The number of carbonyl (C=O) groups excluding carboxylic acids is 1. The van der Waals surface area contributed by atoms with Crippen LogP contribution in [0, 0.1) is 5.92 Å². The van der Waals surface area contributed by atoms with Crippen LogP contribution in [0.1, 0.15) is 30.1 Å². The molecule has 0 spiro atoms. The third-order valence-electron chi connectivity index (χ3n) is 5.23. The van der Waals surface area contributed by atoms with E-state index in [1.54, 1.807) is 0 Å². The third-order valence-corrected chi connectivity index (χ3v) is 5.23. The standard InChI is InChI=1S/C20H16O2/c1-20(12-10-11-12)19(21)17-15-8-4-2-6-13(15)14-7-3-5-9-16(14)18(17)22-20/h2-9,12H,10-11H2,1H3. The van der Waals surface area contributed by atoms with E-state index in [-0.39, 0.29) is 5.78 Å². The predicted octanol–water partition coefficient (Wildman–Crippen LogP) is 4.74. The van der Waals surface area contributed by atoms with Gasteiger partial charge in [0.05, 0.1) is 5.56 Å². The second-order valence-corrected chi connectivity index (χ2v) is 6.61. The van der Waals surface area contributed by atoms with Crippen molar-refractivity contribution < 1.29 is 9.53 Å². The molecule has 2 heteroatoms. The summed E-state index contributed by atoms with van der Waals surface area (Å²) in [5.74, 6) is 1.31. The van der Waals surface area contributed by atoms with E-state index in [1.165, 1.54) is 0 Å². The summed E-state index contributed by atoms with van der Waals surface area (Å²) in [5, 5.41) is 4.36. The van der Waals surface area contributed by atoms with Gasteiger partial charge in [-0.15, -0.1) is 0 Å². The average Bonchev–Trinajstić information content (AvgIpc) is 3.36. The van der Waals surface area contributed by atoms with Gasteiger partial charge in [-0.1, -0.05) is 48.5 Å². The monoisotopic (exact) mass is 288 g/mol. The Bertz CT molecular complexity index is 952. The Morgan fingerprint density at radius 2 is 1.45 bits per heavy atom. The van der Waals surface area contributed by atoms with Crippen LogP contribution in [0.25, 0.3) is 21.5 Å². The number of fused-ring (bicyclic) bond motifs is 6. The van der Waals surface area contributed by atoms with Crippen molar-refractivity contribution >= 4 is 27.3 Å². The second-order valence-electron chi connectivity index (χ2n) is 6.61. The van der Waals surface area contributed by atoms with Gasteiger partial charge in [-0.05, 0) is 35.9 Å². The molecular weight excluding hydrogens is 272 g/mol. The quantitative estimate of drug-likeness (QED) is 0.605. The molecule has 2 nitrogen and oxygen atoms in total. The fourth-order valence-corrected chi connectivity index (χ4v) is 3.85. The van der Waals surface area contributed by atoms with E-state index in [1.807, 2.05) is 37.3 Å². The van der Waals surface area contributed by atoms with Crippen molar-refractivity contribution in [1.29, 1.82) is 0 Å². The summed E-state index contributed by atoms with van der Waals surface area (Å²) in [5.41, 5.74) is 0.110. The molecule has 22 heavy (non-hydrogen) atoms. The number of ketones is 1. The van der Waals surface area contributed by atoms with Crippen molar-refractivity contribution in [2.24, 2.45) is 5.92 Å². The van der Waals surface area contributed by atoms with Crippen LogP contribution in [0.15, 0.2) is 48.5 Å². The van der Waals surface area contributed by atoms with Gasteiger partial charge >= 0.3 is 0 Å². The van der Waals surface area contributed by atoms with E-state index in [4.69, 9.17) is 4.74 Å². The molecule has 5 rings (SSSR count). The summed E-state index contributed by atoms with van der Waals surface area (Å²) in [6.45, 7) is 1.97. The minimum Gasteiger partial charge on any atom is -0.478 e. The number of hydrogen-bond donors (Lipinski definition) is 0. The molecule has 1 unspecified atom stereocenters. The molecule has 2 aliphatic rings. The maximum absolute atomic E-state index is 13.1. The van der Waals surface area contributed by atoms with Crippen LogP contribution in [-0.4, -0.2) is 11.4 Å². The van der Waals surface area contributed by atoms with Gasteiger partial charge in [0.2, 0.25) is 5.78 Å². The molecule has 0 N–H and O–H groups in total. The Morgan fingerprint density at radius 1 is 0.909 bits per heavy atom. The molecule has 0 saturated heterocycles. The number of benzene rings is 3. The zero-order valence-corrected chi connectivity index (χ0v) is 12.4. The lowest BCUT2D eigenvalue weighted by atomic mass is 9.88. The van der Waals surface area contributed by atoms with Crippen molar-refractivity contribution in [1.82, 2.24) is 0 Å². The first kappa shape index (κ1) is 12.2. The Balaban J connectivity index is 1.95. The fraction of sp³-hybridized carbons (Fsp3) is 0.250. The van der Waals surface area contributed by atoms with Gasteiger partial charge in [0.1, 0.15) is 5.75 Å². The number of ether oxygens (including phenoxy) is 1. The molecule has 108 valence electrons. The summed E-state index contributed by atoms with van der Waals surface area (Å²) in [6.07, 6.45) is 2.18. The normalized spacial score (nSPS) is 23.8. The van der Waals surface area contributed by atoms with Gasteiger partial charge in [0.15, 0.2) is 5.60 Å². The summed E-state index contributed by atoms with van der Waals surface area (Å²) >= 11 is 0. The lowest BCUT2D eigenvalue weighted by Gasteiger charge is -2.21. The van der Waals surface area contributed by atoms with Crippen LogP contribution in [0.5, 0.6) is 5.75 Å². The zero-order valence-electron chi connectivity index (χ0n) is 12.4. The van der Waals surface area contributed by atoms with E-state index in [2.05, 4.69) is 18.2 Å². The number of Topliss-reactive ketones (excluding diaryl/α,β-unsaturated/α-hetero) is 1. The molecule has 3 aromatic carbocycles. The number of hydrogen-bond acceptors (Lipinski definition) is 2. The molecule has 1 aliphatic carbocycles. The smallest absolute Gasteiger partial charge is 0.210 e. The SMILES string of the molecule is CC1(C2CC2)Oc2c(c3ccccc3c3ccccc23)C1=O. The van der Waals surface area contributed by atoms with E-state index in [0.29, 0.717) is 5.92 Å². The number of rotatable bonds is 1. The van der Waals surface area contributed by atoms with Crippen LogP contribution in [-0.2, 0) is 0 Å². The van der Waals surface area contributed by atoms with E-state index >= 15 is 0 Å². The van der Waals surface area contributed by atoms with Crippen molar-refractivity contribution in [2.75, 3.05) is 0 Å². The molecule has 3 aromatic rings. The summed E-state index contributed by atoms with van der Waals surface area (Å²) in [6, 6.07) is 16.4. The largest absolute Gasteiger partial charge is 0.478 e. The summed E-state index contributed by atoms with van der Waals surface area (Å²) in [4.78, 5) is 13.1. The highest BCUT2D eigenvalue weighted by atomic mass is 16.5. The molecule has 1 atom stereocenters. The van der Waals surface area contributed by atoms with Gasteiger partial charge in [0.25, 0.3) is 0 Å². The molecule has 0 radical (unpaired) electrons. The third kappa shape index (κ3) is 1.38. The molecule has 0 amide bonds. The minimum absolute atomic E-state index is 0.159. The fourth-order valence-electron chi connectivity index (χ4n) is 3.85. The first-order valence-electron chi connectivity index (χ1n) is 7.87. The topological polar surface area (TPSA) is 26.3 Å². The minimum atomic E-state index is -0.671. The van der Waals surface area contributed by atoms with E-state index in [0.717, 1.165) is 45.7 Å². The van der Waals surface area contributed by atoms with E-state index < -0.39 is 5.60 Å². The van der Waals surface area contributed by atoms with Gasteiger partial charge in [-0.2, -0.15) is 0 Å². The summed E-state index contributed by atoms with van der Waals surface area (Å²) in [7, 11) is 0. The van der Waals surface area contributed by atoms with Crippen molar-refractivity contribution in [3.05, 3.63) is 54.1 Å². The molecule has 1 heterocycles. The van der Waals surface area contributed by atoms with Crippen LogP contribution in [0.2, 0.25) is 0 Å². The molecule has 1 aliphatic heterocycles. The highest BCUT2D eigenvalue weighted by molar-refractivity contribution is 6.24. The van der Waals surface area contributed by atoms with Crippen LogP contribution >= 0.6 is 0 Å². The van der Waals surface area contributed by atoms with Gasteiger partial charge in [-0.25, -0.2) is 0 Å². The molecule has 1 saturated carbocycles. The number of carbonyl (C=O) groups is 1. The Morgan fingerprint density at radius 3 is 2.09 bits per heavy atom. The second kappa shape index (κ2) is 3.89. The van der Waals surface area contributed by atoms with Gasteiger partial charge in [0, 0.05) is 11.3 Å². The van der Waals surface area contributed by atoms with E-state index in [9.17, 15) is 4.79 Å². The molecular formula is C20H16O2. The zero-order chi connectivity index (χ0) is 14.9. The highest BCUT2D eigenvalue weighted by Crippen LogP contribution is 2.52. The average molecular weight is 288 g/mol. The predicted molar refractivity (Wildman–Crippen MR) is 87.5 cm³/mol. The van der Waals surface area contributed by atoms with Crippen LogP contribution < -0.4 is 4.74 Å². The lowest BCUT2D eigenvalue weighted by molar-refractivity contribution is 0.0551.